The Kier molecular flexibility index (Phi) is 5.94. The van der Waals surface area contributed by atoms with Crippen LogP contribution in [-0.4, -0.2) is 37.1 Å². The third-order valence-electron chi connectivity index (χ3n) is 4.20. The number of likely N-dealkylation sites (tertiary alicyclic amines) is 1. The minimum absolute atomic E-state index is 0.434. The summed E-state index contributed by atoms with van der Waals surface area (Å²) in [5.74, 6) is 0.771. The van der Waals surface area contributed by atoms with E-state index in [0.29, 0.717) is 5.41 Å². The highest BCUT2D eigenvalue weighted by atomic mass is 15.2. The van der Waals surface area contributed by atoms with E-state index in [0.717, 1.165) is 12.0 Å². The molecule has 1 aliphatic heterocycles. The van der Waals surface area contributed by atoms with Gasteiger partial charge in [0.25, 0.3) is 0 Å². The number of rotatable bonds is 5. The van der Waals surface area contributed by atoms with Gasteiger partial charge in [0.05, 0.1) is 0 Å². The molecular weight excluding hydrogens is 208 g/mol. The van der Waals surface area contributed by atoms with E-state index in [1.165, 1.54) is 45.4 Å². The SMILES string of the molecule is CCCNC1CCCN(CC(C)C(C)(C)C)C1. The third kappa shape index (κ3) is 5.39. The van der Waals surface area contributed by atoms with Crippen LogP contribution in [0.4, 0.5) is 0 Å². The highest BCUT2D eigenvalue weighted by Gasteiger charge is 2.25. The Labute approximate surface area is 108 Å². The number of piperidine rings is 1. The second kappa shape index (κ2) is 6.75. The van der Waals surface area contributed by atoms with E-state index >= 15 is 0 Å². The standard InChI is InChI=1S/C15H32N2/c1-6-9-16-14-8-7-10-17(12-14)11-13(2)15(3,4)5/h13-14,16H,6-12H2,1-5H3. The average Bonchev–Trinajstić information content (AvgIpc) is 2.25. The van der Waals surface area contributed by atoms with Gasteiger partial charge >= 0.3 is 0 Å². The van der Waals surface area contributed by atoms with E-state index in [2.05, 4.69) is 44.8 Å². The van der Waals surface area contributed by atoms with Crippen molar-refractivity contribution in [2.75, 3.05) is 26.2 Å². The van der Waals surface area contributed by atoms with Crippen molar-refractivity contribution in [2.45, 2.75) is 59.9 Å². The Bertz CT molecular complexity index is 207. The molecule has 1 heterocycles. The molecule has 2 unspecified atom stereocenters. The fourth-order valence-electron chi connectivity index (χ4n) is 2.40. The van der Waals surface area contributed by atoms with Crippen LogP contribution in [0.15, 0.2) is 0 Å². The molecule has 2 atom stereocenters. The Morgan fingerprint density at radius 1 is 1.35 bits per heavy atom. The Morgan fingerprint density at radius 2 is 2.06 bits per heavy atom. The highest BCUT2D eigenvalue weighted by molar-refractivity contribution is 4.81. The molecule has 0 amide bonds. The molecule has 17 heavy (non-hydrogen) atoms. The molecule has 2 nitrogen and oxygen atoms in total. The summed E-state index contributed by atoms with van der Waals surface area (Å²) in [6.45, 7) is 16.7. The Morgan fingerprint density at radius 3 is 2.65 bits per heavy atom. The summed E-state index contributed by atoms with van der Waals surface area (Å²) in [6, 6.07) is 0.732. The third-order valence-corrected chi connectivity index (χ3v) is 4.20. The minimum atomic E-state index is 0.434. The molecule has 0 aromatic rings. The van der Waals surface area contributed by atoms with Crippen molar-refractivity contribution in [1.82, 2.24) is 10.2 Å². The van der Waals surface area contributed by atoms with Crippen molar-refractivity contribution in [1.29, 1.82) is 0 Å². The monoisotopic (exact) mass is 240 g/mol. The molecule has 2 heteroatoms. The van der Waals surface area contributed by atoms with Crippen LogP contribution in [0.1, 0.15) is 53.9 Å². The van der Waals surface area contributed by atoms with Gasteiger partial charge in [0, 0.05) is 19.1 Å². The lowest BCUT2D eigenvalue weighted by Crippen LogP contribution is -2.48. The lowest BCUT2D eigenvalue weighted by molar-refractivity contribution is 0.126. The van der Waals surface area contributed by atoms with Crippen LogP contribution in [0.25, 0.3) is 0 Å². The molecule has 0 aliphatic carbocycles. The quantitative estimate of drug-likeness (QED) is 0.794. The fraction of sp³-hybridized carbons (Fsp3) is 1.00. The molecule has 0 aromatic carbocycles. The molecule has 1 fully saturated rings. The molecule has 1 rings (SSSR count). The van der Waals surface area contributed by atoms with Gasteiger partial charge in [-0.05, 0) is 43.7 Å². The number of nitrogens with zero attached hydrogens (tertiary/aromatic N) is 1. The van der Waals surface area contributed by atoms with Crippen molar-refractivity contribution in [3.05, 3.63) is 0 Å². The van der Waals surface area contributed by atoms with Crippen LogP contribution in [0.5, 0.6) is 0 Å². The minimum Gasteiger partial charge on any atom is -0.313 e. The second-order valence-electron chi connectivity index (χ2n) is 6.82. The first-order valence-electron chi connectivity index (χ1n) is 7.39. The zero-order valence-corrected chi connectivity index (χ0v) is 12.6. The van der Waals surface area contributed by atoms with Crippen LogP contribution < -0.4 is 5.32 Å². The van der Waals surface area contributed by atoms with Gasteiger partial charge in [-0.1, -0.05) is 34.6 Å². The molecule has 0 saturated carbocycles. The van der Waals surface area contributed by atoms with Crippen LogP contribution in [0.2, 0.25) is 0 Å². The first-order valence-corrected chi connectivity index (χ1v) is 7.39. The Balaban J connectivity index is 2.34. The van der Waals surface area contributed by atoms with E-state index in [-0.39, 0.29) is 0 Å². The van der Waals surface area contributed by atoms with Gasteiger partial charge in [-0.25, -0.2) is 0 Å². The van der Waals surface area contributed by atoms with Crippen LogP contribution in [-0.2, 0) is 0 Å². The molecule has 0 bridgehead atoms. The van der Waals surface area contributed by atoms with Gasteiger partial charge in [-0.15, -0.1) is 0 Å². The summed E-state index contributed by atoms with van der Waals surface area (Å²) in [4.78, 5) is 2.66. The smallest absolute Gasteiger partial charge is 0.0195 e. The molecule has 1 N–H and O–H groups in total. The van der Waals surface area contributed by atoms with Gasteiger partial charge in [-0.3, -0.25) is 0 Å². The van der Waals surface area contributed by atoms with E-state index < -0.39 is 0 Å². The largest absolute Gasteiger partial charge is 0.313 e. The summed E-state index contributed by atoms with van der Waals surface area (Å²) in [6.07, 6.45) is 3.97. The van der Waals surface area contributed by atoms with Crippen LogP contribution in [0, 0.1) is 11.3 Å². The zero-order valence-electron chi connectivity index (χ0n) is 12.6. The lowest BCUT2D eigenvalue weighted by atomic mass is 9.81. The van der Waals surface area contributed by atoms with E-state index in [1.54, 1.807) is 0 Å². The van der Waals surface area contributed by atoms with Gasteiger partial charge < -0.3 is 10.2 Å². The molecule has 0 aromatic heterocycles. The second-order valence-corrected chi connectivity index (χ2v) is 6.82. The topological polar surface area (TPSA) is 15.3 Å². The van der Waals surface area contributed by atoms with Crippen molar-refractivity contribution < 1.29 is 0 Å². The van der Waals surface area contributed by atoms with Crippen molar-refractivity contribution in [2.24, 2.45) is 11.3 Å². The summed E-state index contributed by atoms with van der Waals surface area (Å²) in [5, 5.41) is 3.67. The molecule has 1 aliphatic rings. The van der Waals surface area contributed by atoms with Gasteiger partial charge in [0.1, 0.15) is 0 Å². The average molecular weight is 240 g/mol. The maximum atomic E-state index is 3.67. The maximum Gasteiger partial charge on any atom is 0.0195 e. The predicted octanol–water partition coefficient (Wildman–Crippen LogP) is 3.13. The summed E-state index contributed by atoms with van der Waals surface area (Å²) in [7, 11) is 0. The number of hydrogen-bond acceptors (Lipinski definition) is 2. The summed E-state index contributed by atoms with van der Waals surface area (Å²) in [5.41, 5.74) is 0.434. The maximum absolute atomic E-state index is 3.67. The van der Waals surface area contributed by atoms with E-state index in [1.807, 2.05) is 0 Å². The zero-order chi connectivity index (χ0) is 12.9. The molecule has 0 radical (unpaired) electrons. The van der Waals surface area contributed by atoms with Gasteiger partial charge in [0.2, 0.25) is 0 Å². The van der Waals surface area contributed by atoms with Crippen molar-refractivity contribution in [3.63, 3.8) is 0 Å². The molecule has 0 spiro atoms. The number of hydrogen-bond donors (Lipinski definition) is 1. The van der Waals surface area contributed by atoms with E-state index in [4.69, 9.17) is 0 Å². The van der Waals surface area contributed by atoms with E-state index in [9.17, 15) is 0 Å². The first-order chi connectivity index (χ1) is 7.93. The predicted molar refractivity (Wildman–Crippen MR) is 76.4 cm³/mol. The van der Waals surface area contributed by atoms with Gasteiger partial charge in [0.15, 0.2) is 0 Å². The van der Waals surface area contributed by atoms with Crippen molar-refractivity contribution in [3.8, 4) is 0 Å². The highest BCUT2D eigenvalue weighted by Crippen LogP contribution is 2.26. The summed E-state index contributed by atoms with van der Waals surface area (Å²) < 4.78 is 0. The van der Waals surface area contributed by atoms with Crippen molar-refractivity contribution >= 4 is 0 Å². The fourth-order valence-corrected chi connectivity index (χ4v) is 2.40. The Hall–Kier alpha value is -0.0800. The van der Waals surface area contributed by atoms with Gasteiger partial charge in [-0.2, -0.15) is 0 Å². The lowest BCUT2D eigenvalue weighted by Gasteiger charge is -2.38. The normalized spacial score (nSPS) is 24.9. The first kappa shape index (κ1) is 15.0. The van der Waals surface area contributed by atoms with Crippen LogP contribution >= 0.6 is 0 Å². The van der Waals surface area contributed by atoms with Crippen LogP contribution in [0.3, 0.4) is 0 Å². The number of nitrogens with one attached hydrogen (secondary N) is 1. The molecule has 102 valence electrons. The molecule has 1 saturated heterocycles. The molecular formula is C15H32N2. The summed E-state index contributed by atoms with van der Waals surface area (Å²) >= 11 is 0.